The first-order chi connectivity index (χ1) is 4.18. The van der Waals surface area contributed by atoms with Crippen molar-refractivity contribution in [2.24, 2.45) is 0 Å². The fourth-order valence-corrected chi connectivity index (χ4v) is 0.443. The summed E-state index contributed by atoms with van der Waals surface area (Å²) in [6.45, 7) is 0. The fourth-order valence-electron chi connectivity index (χ4n) is 0.303. The average Bonchev–Trinajstić information content (AvgIpc) is 1.59. The van der Waals surface area contributed by atoms with E-state index in [9.17, 15) is 8.78 Å². The van der Waals surface area contributed by atoms with Gasteiger partial charge < -0.3 is 4.70 Å². The zero-order valence-corrected chi connectivity index (χ0v) is 5.11. The van der Waals surface area contributed by atoms with Crippen molar-refractivity contribution in [3.8, 4) is 0 Å². The van der Waals surface area contributed by atoms with E-state index in [-0.39, 0.29) is 6.13 Å². The van der Waals surface area contributed by atoms with Gasteiger partial charge in [0.15, 0.2) is 0 Å². The molecule has 0 N–H and O–H groups in total. The Bertz CT molecular complexity index is 185. The van der Waals surface area contributed by atoms with Gasteiger partial charge in [0.1, 0.15) is 0 Å². The highest BCUT2D eigenvalue weighted by molar-refractivity contribution is 6.28. The third kappa shape index (κ3) is 2.14. The van der Waals surface area contributed by atoms with Crippen LogP contribution in [0.4, 0.5) is 8.78 Å². The lowest BCUT2D eigenvalue weighted by Crippen LogP contribution is -3.00. The Balaban J connectivity index is 0. The maximum absolute atomic E-state index is 11.8. The second-order valence-corrected chi connectivity index (χ2v) is 1.48. The van der Waals surface area contributed by atoms with Gasteiger partial charge in [0.25, 0.3) is 0 Å². The Morgan fingerprint density at radius 3 is 1.80 bits per heavy atom. The molecule has 0 aliphatic carbocycles. The molecule has 0 aliphatic rings. The van der Waals surface area contributed by atoms with Crippen molar-refractivity contribution in [3.05, 3.63) is 17.4 Å². The number of hydrogen-bond donors (Lipinski definition) is 0. The van der Waals surface area contributed by atoms with E-state index >= 15 is 0 Å². The first-order valence-corrected chi connectivity index (χ1v) is 2.29. The molecular weight excluding hydrogens is 171 g/mol. The maximum atomic E-state index is 11.8. The van der Waals surface area contributed by atoms with Gasteiger partial charge in [-0.05, 0) is 11.6 Å². The molecule has 1 aromatic rings. The van der Waals surface area contributed by atoms with Gasteiger partial charge in [0.05, 0.1) is 0 Å². The smallest absolute Gasteiger partial charge is 1.00 e. The summed E-state index contributed by atoms with van der Waals surface area (Å²) in [5.74, 6) is 0. The topological polar surface area (TPSA) is 38.7 Å². The first-order valence-electron chi connectivity index (χ1n) is 1.91. The second-order valence-electron chi connectivity index (χ2n) is 1.14. The van der Waals surface area contributed by atoms with E-state index < -0.39 is 17.4 Å². The lowest BCUT2D eigenvalue weighted by Gasteiger charge is -1.86. The Kier molecular flexibility index (Phi) is 3.01. The number of hydrogen-bond acceptors (Lipinski definition) is 3. The van der Waals surface area contributed by atoms with Gasteiger partial charge in [0.2, 0.25) is 5.28 Å². The summed E-state index contributed by atoms with van der Waals surface area (Å²) in [5.41, 5.74) is 0. The van der Waals surface area contributed by atoms with Crippen LogP contribution in [0.2, 0.25) is 5.28 Å². The molecule has 0 radical (unpaired) electrons. The monoisotopic (exact) mass is 171 g/mol. The quantitative estimate of drug-likeness (QED) is 0.450. The molecule has 0 amide bonds. The zero-order valence-electron chi connectivity index (χ0n) is 5.35. The van der Waals surface area contributed by atoms with Gasteiger partial charge >= 0.3 is 13.6 Å². The zero-order chi connectivity index (χ0) is 6.85. The largest absolute Gasteiger partial charge is 1.00 e. The predicted molar refractivity (Wildman–Crippen MR) is 25.9 cm³/mol. The van der Waals surface area contributed by atoms with Crippen LogP contribution >= 0.6 is 11.6 Å². The van der Waals surface area contributed by atoms with E-state index in [0.717, 1.165) is 0 Å². The number of aromatic nitrogens is 3. The molecule has 0 spiro atoms. The van der Waals surface area contributed by atoms with Crippen LogP contribution < -0.4 is 4.70 Å². The minimum Gasteiger partial charge on any atom is -1.00 e. The molecule has 0 aromatic carbocycles. The summed E-state index contributed by atoms with van der Waals surface area (Å²) < 4.78 is 23.7. The van der Waals surface area contributed by atoms with Gasteiger partial charge in [-0.2, -0.15) is 23.7 Å². The van der Waals surface area contributed by atoms with E-state index in [1.807, 2.05) is 0 Å². The van der Waals surface area contributed by atoms with E-state index in [4.69, 9.17) is 11.6 Å². The number of nitrogens with zero attached hydrogens (tertiary/aromatic N) is 3. The van der Waals surface area contributed by atoms with Gasteiger partial charge in [-0.25, -0.2) is 0 Å². The van der Waals surface area contributed by atoms with Crippen LogP contribution in [0.25, 0.3) is 0 Å². The molecule has 0 aliphatic heterocycles. The van der Waals surface area contributed by atoms with Crippen molar-refractivity contribution < 1.29 is 14.9 Å². The summed E-state index contributed by atoms with van der Waals surface area (Å²) in [5, 5.41) is -0.486. The molecule has 0 bridgehead atoms. The highest BCUT2D eigenvalue weighted by Crippen LogP contribution is 1.98. The molecule has 0 atom stereocenters. The van der Waals surface area contributed by atoms with Crippen molar-refractivity contribution in [1.29, 1.82) is 0 Å². The summed E-state index contributed by atoms with van der Waals surface area (Å²) >= 11 is 5.01. The highest BCUT2D eigenvalue weighted by atomic mass is 35.5. The molecule has 3 nitrogen and oxygen atoms in total. The van der Waals surface area contributed by atoms with Gasteiger partial charge in [-0.1, -0.05) is 0 Å². The molecule has 56 valence electrons. The normalized spacial score (nSPS) is 8.70. The Morgan fingerprint density at radius 1 is 1.10 bits per heavy atom. The van der Waals surface area contributed by atoms with E-state index in [2.05, 4.69) is 15.0 Å². The standard InChI is InChI=1S/C3ClF2N3.FH/c4-1-7-2(5)9-3(6)8-1;/h;1H. The van der Waals surface area contributed by atoms with Gasteiger partial charge in [-0.15, -0.1) is 0 Å². The van der Waals surface area contributed by atoms with Gasteiger partial charge in [0, 0.05) is 0 Å². The molecule has 1 rings (SSSR count). The van der Waals surface area contributed by atoms with Crippen molar-refractivity contribution in [1.82, 2.24) is 15.0 Å². The highest BCUT2D eigenvalue weighted by Gasteiger charge is 2.00. The van der Waals surface area contributed by atoms with Crippen LogP contribution in [-0.2, 0) is 0 Å². The van der Waals surface area contributed by atoms with Crippen molar-refractivity contribution >= 4 is 11.6 Å². The van der Waals surface area contributed by atoms with Crippen LogP contribution in [0.15, 0.2) is 0 Å². The maximum Gasteiger partial charge on any atom is 1.00 e. The third-order valence-electron chi connectivity index (χ3n) is 0.554. The van der Waals surface area contributed by atoms with Crippen LogP contribution in [0, 0.1) is 12.2 Å². The summed E-state index contributed by atoms with van der Waals surface area (Å²) in [6, 6.07) is 0. The van der Waals surface area contributed by atoms with E-state index in [1.165, 1.54) is 0 Å². The SMILES string of the molecule is Fc1nc(F)nc(Cl)n1.[F-].[H+]. The van der Waals surface area contributed by atoms with Crippen LogP contribution in [0.1, 0.15) is 1.43 Å². The molecule has 0 unspecified atom stereocenters. The fraction of sp³-hybridized carbons (Fsp3) is 0. The van der Waals surface area contributed by atoms with Crippen LogP contribution in [-0.4, -0.2) is 15.0 Å². The van der Waals surface area contributed by atoms with Gasteiger partial charge in [-0.3, -0.25) is 0 Å². The molecule has 7 heteroatoms. The molecule has 1 aromatic heterocycles. The Hall–Kier alpha value is -0.910. The minimum absolute atomic E-state index is 0. The molecular formula is C3HClF3N3. The van der Waals surface area contributed by atoms with E-state index in [0.29, 0.717) is 0 Å². The average molecular weight is 172 g/mol. The van der Waals surface area contributed by atoms with Crippen LogP contribution in [0.5, 0.6) is 0 Å². The number of rotatable bonds is 0. The lowest BCUT2D eigenvalue weighted by atomic mass is 11.0. The van der Waals surface area contributed by atoms with Crippen LogP contribution in [0.3, 0.4) is 0 Å². The summed E-state index contributed by atoms with van der Waals surface area (Å²) in [4.78, 5) is 8.34. The first kappa shape index (κ1) is 9.09. The Labute approximate surface area is 59.9 Å². The lowest BCUT2D eigenvalue weighted by molar-refractivity contribution is -0.00000391. The third-order valence-corrected chi connectivity index (χ3v) is 0.723. The molecule has 10 heavy (non-hydrogen) atoms. The molecule has 0 fully saturated rings. The van der Waals surface area contributed by atoms with E-state index in [1.54, 1.807) is 0 Å². The van der Waals surface area contributed by atoms with Crippen molar-refractivity contribution in [2.75, 3.05) is 0 Å². The summed E-state index contributed by atoms with van der Waals surface area (Å²) in [7, 11) is 0. The molecule has 0 saturated heterocycles. The summed E-state index contributed by atoms with van der Waals surface area (Å²) in [6.07, 6.45) is -2.43. The minimum atomic E-state index is -1.22. The Morgan fingerprint density at radius 2 is 1.50 bits per heavy atom. The number of halogens is 4. The molecule has 1 heterocycles. The predicted octanol–water partition coefficient (Wildman–Crippen LogP) is -2.08. The van der Waals surface area contributed by atoms with Crippen molar-refractivity contribution in [2.45, 2.75) is 0 Å². The molecule has 0 saturated carbocycles. The second kappa shape index (κ2) is 3.31. The van der Waals surface area contributed by atoms with Crippen molar-refractivity contribution in [3.63, 3.8) is 0 Å².